The van der Waals surface area contributed by atoms with E-state index >= 15 is 0 Å². The van der Waals surface area contributed by atoms with Crippen LogP contribution in [0.2, 0.25) is 5.02 Å². The van der Waals surface area contributed by atoms with Gasteiger partial charge in [-0.2, -0.15) is 13.2 Å². The number of carbonyl (C=O) groups is 1. The second kappa shape index (κ2) is 8.36. The van der Waals surface area contributed by atoms with E-state index in [0.717, 1.165) is 0 Å². The minimum atomic E-state index is -4.69. The van der Waals surface area contributed by atoms with Crippen molar-refractivity contribution in [3.05, 3.63) is 57.5 Å². The quantitative estimate of drug-likeness (QED) is 0.731. The van der Waals surface area contributed by atoms with Gasteiger partial charge in [0.15, 0.2) is 17.6 Å². The van der Waals surface area contributed by atoms with Gasteiger partial charge in [-0.05, 0) is 25.1 Å². The topological polar surface area (TPSA) is 60.8 Å². The predicted octanol–water partition coefficient (Wildman–Crippen LogP) is 3.21. The predicted molar refractivity (Wildman–Crippen MR) is 99.3 cm³/mol. The van der Waals surface area contributed by atoms with E-state index in [2.05, 4.69) is 0 Å². The fourth-order valence-corrected chi connectivity index (χ4v) is 3.15. The highest BCUT2D eigenvalue weighted by Gasteiger charge is 2.32. The Morgan fingerprint density at radius 2 is 2.00 bits per heavy atom. The Hall–Kier alpha value is -2.68. The average molecular weight is 431 g/mol. The first kappa shape index (κ1) is 21.0. The van der Waals surface area contributed by atoms with Crippen LogP contribution in [-0.4, -0.2) is 41.2 Å². The van der Waals surface area contributed by atoms with E-state index in [9.17, 15) is 22.8 Å². The lowest BCUT2D eigenvalue weighted by molar-refractivity contribution is -0.139. The maximum absolute atomic E-state index is 13.0. The zero-order valence-corrected chi connectivity index (χ0v) is 16.2. The zero-order valence-electron chi connectivity index (χ0n) is 15.4. The monoisotopic (exact) mass is 430 g/mol. The second-order valence-corrected chi connectivity index (χ2v) is 6.84. The van der Waals surface area contributed by atoms with Gasteiger partial charge in [-0.1, -0.05) is 23.7 Å². The van der Waals surface area contributed by atoms with Gasteiger partial charge in [0.05, 0.1) is 12.1 Å². The number of likely N-dealkylation sites (N-methyl/N-ethyl adjacent to an activating group) is 1. The molecule has 29 heavy (non-hydrogen) atoms. The van der Waals surface area contributed by atoms with Gasteiger partial charge in [0.2, 0.25) is 5.91 Å². The number of rotatable bonds is 5. The van der Waals surface area contributed by atoms with Crippen LogP contribution in [0.3, 0.4) is 0 Å². The molecule has 0 radical (unpaired) electrons. The van der Waals surface area contributed by atoms with Crippen LogP contribution < -0.4 is 15.0 Å². The van der Waals surface area contributed by atoms with Crippen molar-refractivity contribution in [1.29, 1.82) is 0 Å². The fraction of sp³-hybridized carbons (Fsp3) is 0.368. The number of ether oxygens (including phenoxy) is 2. The van der Waals surface area contributed by atoms with Crippen LogP contribution in [0.25, 0.3) is 0 Å². The van der Waals surface area contributed by atoms with Crippen molar-refractivity contribution in [3.63, 3.8) is 0 Å². The van der Waals surface area contributed by atoms with Crippen LogP contribution in [-0.2, 0) is 17.5 Å². The Labute approximate surface area is 169 Å². The second-order valence-electron chi connectivity index (χ2n) is 6.44. The lowest BCUT2D eigenvalue weighted by Crippen LogP contribution is -2.45. The summed E-state index contributed by atoms with van der Waals surface area (Å²) < 4.78 is 51.0. The molecule has 0 saturated carbocycles. The molecule has 10 heteroatoms. The first-order valence-electron chi connectivity index (χ1n) is 8.82. The van der Waals surface area contributed by atoms with Gasteiger partial charge in [-0.15, -0.1) is 0 Å². The highest BCUT2D eigenvalue weighted by Crippen LogP contribution is 2.31. The third-order valence-electron chi connectivity index (χ3n) is 4.40. The largest absolute Gasteiger partial charge is 0.486 e. The van der Waals surface area contributed by atoms with E-state index in [-0.39, 0.29) is 19.7 Å². The van der Waals surface area contributed by atoms with Crippen molar-refractivity contribution in [1.82, 2.24) is 9.47 Å². The molecule has 0 bridgehead atoms. The van der Waals surface area contributed by atoms with Crippen molar-refractivity contribution in [3.8, 4) is 11.5 Å². The van der Waals surface area contributed by atoms with E-state index in [1.165, 1.54) is 4.90 Å². The van der Waals surface area contributed by atoms with Gasteiger partial charge >= 0.3 is 6.18 Å². The molecule has 0 aliphatic carbocycles. The standard InChI is InChI=1S/C19H18ClF3N2O4/c1-2-24(9-13-11-28-15-5-3-4-6-16(15)29-13)17(26)10-25-8-12(19(21,22)23)7-14(20)18(25)27/h3-8,13H,2,9-11H2,1H3. The summed E-state index contributed by atoms with van der Waals surface area (Å²) in [5.74, 6) is 0.615. The molecule has 1 aromatic heterocycles. The van der Waals surface area contributed by atoms with E-state index in [0.29, 0.717) is 28.3 Å². The molecule has 0 N–H and O–H groups in total. The fourth-order valence-electron chi connectivity index (χ4n) is 2.92. The zero-order chi connectivity index (χ0) is 21.2. The number of amides is 1. The minimum absolute atomic E-state index is 0.158. The summed E-state index contributed by atoms with van der Waals surface area (Å²) >= 11 is 5.63. The summed E-state index contributed by atoms with van der Waals surface area (Å²) in [5, 5.41) is -0.601. The summed E-state index contributed by atoms with van der Waals surface area (Å²) in [6.07, 6.45) is -4.54. The highest BCUT2D eigenvalue weighted by atomic mass is 35.5. The molecule has 0 spiro atoms. The molecule has 0 saturated heterocycles. The molecule has 1 aliphatic rings. The third kappa shape index (κ3) is 4.84. The molecule has 2 heterocycles. The molecule has 1 atom stereocenters. The Morgan fingerprint density at radius 1 is 1.31 bits per heavy atom. The maximum Gasteiger partial charge on any atom is 0.417 e. The number of fused-ring (bicyclic) bond motifs is 1. The molecule has 1 unspecified atom stereocenters. The number of hydrogen-bond donors (Lipinski definition) is 0. The van der Waals surface area contributed by atoms with Crippen molar-refractivity contribution in [2.24, 2.45) is 0 Å². The number of alkyl halides is 3. The van der Waals surface area contributed by atoms with Crippen LogP contribution in [0.15, 0.2) is 41.3 Å². The Kier molecular flexibility index (Phi) is 6.07. The van der Waals surface area contributed by atoms with Gasteiger partial charge in [-0.3, -0.25) is 9.59 Å². The summed E-state index contributed by atoms with van der Waals surface area (Å²) in [6.45, 7) is 1.81. The molecule has 3 rings (SSSR count). The van der Waals surface area contributed by atoms with Gasteiger partial charge in [0.1, 0.15) is 18.2 Å². The Bertz CT molecular complexity index is 961. The first-order chi connectivity index (χ1) is 13.7. The molecule has 1 aromatic carbocycles. The van der Waals surface area contributed by atoms with Gasteiger partial charge < -0.3 is 18.9 Å². The van der Waals surface area contributed by atoms with Crippen LogP contribution in [0.1, 0.15) is 12.5 Å². The molecular weight excluding hydrogens is 413 g/mol. The number of carbonyl (C=O) groups excluding carboxylic acids is 1. The first-order valence-corrected chi connectivity index (χ1v) is 9.20. The van der Waals surface area contributed by atoms with E-state index < -0.39 is 40.9 Å². The molecule has 0 fully saturated rings. The number of pyridine rings is 1. The Morgan fingerprint density at radius 3 is 2.66 bits per heavy atom. The van der Waals surface area contributed by atoms with E-state index in [1.54, 1.807) is 25.1 Å². The smallest absolute Gasteiger partial charge is 0.417 e. The molecule has 6 nitrogen and oxygen atoms in total. The van der Waals surface area contributed by atoms with Crippen LogP contribution in [0, 0.1) is 0 Å². The summed E-state index contributed by atoms with van der Waals surface area (Å²) in [5.41, 5.74) is -1.96. The third-order valence-corrected chi connectivity index (χ3v) is 4.67. The lowest BCUT2D eigenvalue weighted by Gasteiger charge is -2.31. The number of benzene rings is 1. The van der Waals surface area contributed by atoms with Crippen LogP contribution in [0.5, 0.6) is 11.5 Å². The number of hydrogen-bond acceptors (Lipinski definition) is 4. The highest BCUT2D eigenvalue weighted by molar-refractivity contribution is 6.30. The normalized spacial score (nSPS) is 15.8. The summed E-state index contributed by atoms with van der Waals surface area (Å²) in [6, 6.07) is 7.65. The van der Waals surface area contributed by atoms with Crippen LogP contribution in [0.4, 0.5) is 13.2 Å². The minimum Gasteiger partial charge on any atom is -0.486 e. The molecule has 1 amide bonds. The van der Waals surface area contributed by atoms with Crippen molar-refractivity contribution in [2.45, 2.75) is 25.7 Å². The molecule has 2 aromatic rings. The van der Waals surface area contributed by atoms with E-state index in [4.69, 9.17) is 21.1 Å². The van der Waals surface area contributed by atoms with Gasteiger partial charge in [0, 0.05) is 12.7 Å². The number of para-hydroxylation sites is 2. The SMILES string of the molecule is CCN(CC1COc2ccccc2O1)C(=O)Cn1cc(C(F)(F)F)cc(Cl)c1=O. The summed E-state index contributed by atoms with van der Waals surface area (Å²) in [7, 11) is 0. The summed E-state index contributed by atoms with van der Waals surface area (Å²) in [4.78, 5) is 26.1. The van der Waals surface area contributed by atoms with Crippen molar-refractivity contribution >= 4 is 17.5 Å². The van der Waals surface area contributed by atoms with Gasteiger partial charge in [0.25, 0.3) is 5.56 Å². The molecular formula is C19H18ClF3N2O4. The molecule has 156 valence electrons. The van der Waals surface area contributed by atoms with Crippen molar-refractivity contribution in [2.75, 3.05) is 19.7 Å². The number of nitrogens with zero attached hydrogens (tertiary/aromatic N) is 2. The van der Waals surface area contributed by atoms with Gasteiger partial charge in [-0.25, -0.2) is 0 Å². The lowest BCUT2D eigenvalue weighted by atomic mass is 10.2. The van der Waals surface area contributed by atoms with Crippen molar-refractivity contribution < 1.29 is 27.4 Å². The number of halogens is 4. The molecule has 1 aliphatic heterocycles. The van der Waals surface area contributed by atoms with E-state index in [1.807, 2.05) is 6.07 Å². The maximum atomic E-state index is 13.0. The van der Waals surface area contributed by atoms with Crippen LogP contribution >= 0.6 is 11.6 Å². The number of aromatic nitrogens is 1. The Balaban J connectivity index is 1.73. The average Bonchev–Trinajstić information content (AvgIpc) is 2.68.